The van der Waals surface area contributed by atoms with Crippen LogP contribution < -0.4 is 11.1 Å². The van der Waals surface area contributed by atoms with Crippen molar-refractivity contribution in [2.24, 2.45) is 19.8 Å². The summed E-state index contributed by atoms with van der Waals surface area (Å²) < 4.78 is 2.80. The van der Waals surface area contributed by atoms with E-state index < -0.39 is 5.91 Å². The Hall–Kier alpha value is -2.64. The number of primary amides is 1. The SMILES string of the molecule is Cn1nccc1C(=O)Nc1c(C(N)=O)cnn1C. The van der Waals surface area contributed by atoms with Crippen LogP contribution in [0.5, 0.6) is 0 Å². The Bertz CT molecular complexity index is 612. The largest absolute Gasteiger partial charge is 0.365 e. The molecule has 94 valence electrons. The molecule has 0 spiro atoms. The van der Waals surface area contributed by atoms with E-state index in [4.69, 9.17) is 5.73 Å². The molecule has 0 unspecified atom stereocenters. The molecule has 2 aromatic rings. The third-order valence-corrected chi connectivity index (χ3v) is 2.49. The fourth-order valence-electron chi connectivity index (χ4n) is 1.53. The van der Waals surface area contributed by atoms with Crippen LogP contribution in [0.4, 0.5) is 5.82 Å². The molecule has 0 saturated heterocycles. The van der Waals surface area contributed by atoms with Crippen LogP contribution in [-0.4, -0.2) is 31.4 Å². The van der Waals surface area contributed by atoms with Crippen LogP contribution in [0.3, 0.4) is 0 Å². The predicted molar refractivity (Wildman–Crippen MR) is 62.9 cm³/mol. The lowest BCUT2D eigenvalue weighted by Gasteiger charge is -2.07. The van der Waals surface area contributed by atoms with Crippen LogP contribution in [0.15, 0.2) is 18.5 Å². The molecule has 3 N–H and O–H groups in total. The number of nitrogens with zero attached hydrogens (tertiary/aromatic N) is 4. The molecule has 0 radical (unpaired) electrons. The highest BCUT2D eigenvalue weighted by atomic mass is 16.2. The lowest BCUT2D eigenvalue weighted by atomic mass is 10.3. The van der Waals surface area contributed by atoms with Gasteiger partial charge < -0.3 is 11.1 Å². The van der Waals surface area contributed by atoms with Crippen molar-refractivity contribution >= 4 is 17.6 Å². The number of nitrogens with two attached hydrogens (primary N) is 1. The van der Waals surface area contributed by atoms with Crippen LogP contribution in [0.25, 0.3) is 0 Å². The van der Waals surface area contributed by atoms with E-state index in [1.807, 2.05) is 0 Å². The van der Waals surface area contributed by atoms with Crippen LogP contribution in [0, 0.1) is 0 Å². The van der Waals surface area contributed by atoms with Gasteiger partial charge in [0.2, 0.25) is 0 Å². The van der Waals surface area contributed by atoms with Crippen molar-refractivity contribution in [2.45, 2.75) is 0 Å². The second-order valence-corrected chi connectivity index (χ2v) is 3.69. The zero-order chi connectivity index (χ0) is 13.3. The molecule has 0 aliphatic rings. The normalized spacial score (nSPS) is 10.3. The molecule has 0 atom stereocenters. The summed E-state index contributed by atoms with van der Waals surface area (Å²) in [5.41, 5.74) is 5.72. The number of carbonyl (C=O) groups is 2. The molecule has 2 aromatic heterocycles. The molecule has 8 heteroatoms. The van der Waals surface area contributed by atoms with Gasteiger partial charge in [-0.1, -0.05) is 0 Å². The number of anilines is 1. The number of hydrogen-bond donors (Lipinski definition) is 2. The van der Waals surface area contributed by atoms with Crippen LogP contribution in [0.1, 0.15) is 20.8 Å². The first-order chi connectivity index (χ1) is 8.50. The zero-order valence-electron chi connectivity index (χ0n) is 9.91. The number of hydrogen-bond acceptors (Lipinski definition) is 4. The van der Waals surface area contributed by atoms with Gasteiger partial charge in [-0.2, -0.15) is 10.2 Å². The number of aryl methyl sites for hydroxylation is 2. The number of carbonyl (C=O) groups excluding carboxylic acids is 2. The summed E-state index contributed by atoms with van der Waals surface area (Å²) in [5.74, 6) is -0.779. The Kier molecular flexibility index (Phi) is 2.84. The van der Waals surface area contributed by atoms with Crippen molar-refractivity contribution in [3.63, 3.8) is 0 Å². The van der Waals surface area contributed by atoms with Gasteiger partial charge in [-0.05, 0) is 6.07 Å². The molecule has 0 aromatic carbocycles. The summed E-state index contributed by atoms with van der Waals surface area (Å²) in [6, 6.07) is 1.57. The Morgan fingerprint density at radius 1 is 1.28 bits per heavy atom. The molecule has 8 nitrogen and oxygen atoms in total. The van der Waals surface area contributed by atoms with E-state index in [2.05, 4.69) is 15.5 Å². The minimum Gasteiger partial charge on any atom is -0.365 e. The molecular formula is C10H12N6O2. The second kappa shape index (κ2) is 4.32. The standard InChI is InChI=1S/C10H12N6O2/c1-15-7(3-4-12-15)10(18)14-9-6(8(11)17)5-13-16(9)2/h3-5H,1-2H3,(H2,11,17)(H,14,18). The molecular weight excluding hydrogens is 236 g/mol. The molecule has 2 heterocycles. The third-order valence-electron chi connectivity index (χ3n) is 2.49. The lowest BCUT2D eigenvalue weighted by Crippen LogP contribution is -2.21. The highest BCUT2D eigenvalue weighted by Gasteiger charge is 2.18. The quantitative estimate of drug-likeness (QED) is 0.763. The maximum Gasteiger partial charge on any atom is 0.275 e. The maximum atomic E-state index is 12.0. The first kappa shape index (κ1) is 11.8. The molecule has 0 bridgehead atoms. The molecule has 0 saturated carbocycles. The van der Waals surface area contributed by atoms with E-state index in [1.54, 1.807) is 20.2 Å². The fourth-order valence-corrected chi connectivity index (χ4v) is 1.53. The fraction of sp³-hybridized carbons (Fsp3) is 0.200. The summed E-state index contributed by atoms with van der Waals surface area (Å²) in [7, 11) is 3.25. The molecule has 2 rings (SSSR count). The third kappa shape index (κ3) is 1.95. The summed E-state index contributed by atoms with van der Waals surface area (Å²) >= 11 is 0. The van der Waals surface area contributed by atoms with Gasteiger partial charge in [0.25, 0.3) is 11.8 Å². The monoisotopic (exact) mass is 248 g/mol. The second-order valence-electron chi connectivity index (χ2n) is 3.69. The van der Waals surface area contributed by atoms with E-state index in [0.717, 1.165) is 0 Å². The lowest BCUT2D eigenvalue weighted by molar-refractivity contribution is 0.100. The molecule has 2 amide bonds. The highest BCUT2D eigenvalue weighted by Crippen LogP contribution is 2.14. The van der Waals surface area contributed by atoms with Crippen molar-refractivity contribution in [2.75, 3.05) is 5.32 Å². The van der Waals surface area contributed by atoms with Crippen molar-refractivity contribution in [1.29, 1.82) is 0 Å². The topological polar surface area (TPSA) is 108 Å². The van der Waals surface area contributed by atoms with E-state index in [1.165, 1.54) is 21.8 Å². The predicted octanol–water partition coefficient (Wildman–Crippen LogP) is -0.495. The van der Waals surface area contributed by atoms with E-state index >= 15 is 0 Å². The number of amides is 2. The van der Waals surface area contributed by atoms with Crippen LogP contribution in [-0.2, 0) is 14.1 Å². The van der Waals surface area contributed by atoms with Gasteiger partial charge >= 0.3 is 0 Å². The van der Waals surface area contributed by atoms with Crippen LogP contribution >= 0.6 is 0 Å². The van der Waals surface area contributed by atoms with Crippen molar-refractivity contribution < 1.29 is 9.59 Å². The Morgan fingerprint density at radius 3 is 2.56 bits per heavy atom. The first-order valence-electron chi connectivity index (χ1n) is 5.12. The van der Waals surface area contributed by atoms with E-state index in [9.17, 15) is 9.59 Å². The summed E-state index contributed by atoms with van der Waals surface area (Å²) in [5, 5.41) is 10.3. The number of nitrogens with one attached hydrogen (secondary N) is 1. The average molecular weight is 248 g/mol. The highest BCUT2D eigenvalue weighted by molar-refractivity contribution is 6.07. The smallest absolute Gasteiger partial charge is 0.275 e. The zero-order valence-corrected chi connectivity index (χ0v) is 9.91. The maximum absolute atomic E-state index is 12.0. The van der Waals surface area contributed by atoms with Crippen molar-refractivity contribution in [3.8, 4) is 0 Å². The van der Waals surface area contributed by atoms with Gasteiger partial charge in [0.05, 0.1) is 6.20 Å². The van der Waals surface area contributed by atoms with Gasteiger partial charge in [0.15, 0.2) is 0 Å². The molecule has 0 fully saturated rings. The van der Waals surface area contributed by atoms with Gasteiger partial charge in [0.1, 0.15) is 17.1 Å². The minimum absolute atomic E-state index is 0.160. The van der Waals surface area contributed by atoms with Crippen LogP contribution in [0.2, 0.25) is 0 Å². The van der Waals surface area contributed by atoms with Gasteiger partial charge in [-0.25, -0.2) is 0 Å². The minimum atomic E-state index is -0.650. The Labute approximate surface area is 102 Å². The molecule has 0 aliphatic carbocycles. The Morgan fingerprint density at radius 2 is 2.00 bits per heavy atom. The van der Waals surface area contributed by atoms with Gasteiger partial charge in [0, 0.05) is 20.3 Å². The summed E-state index contributed by atoms with van der Waals surface area (Å²) in [6.45, 7) is 0. The Balaban J connectivity index is 2.30. The van der Waals surface area contributed by atoms with E-state index in [-0.39, 0.29) is 17.3 Å². The summed E-state index contributed by atoms with van der Waals surface area (Å²) in [6.07, 6.45) is 2.81. The average Bonchev–Trinajstić information content (AvgIpc) is 2.86. The van der Waals surface area contributed by atoms with Crippen molar-refractivity contribution in [3.05, 3.63) is 29.7 Å². The number of aromatic nitrogens is 4. The molecule has 0 aliphatic heterocycles. The summed E-state index contributed by atoms with van der Waals surface area (Å²) in [4.78, 5) is 23.1. The number of rotatable bonds is 3. The van der Waals surface area contributed by atoms with Crippen molar-refractivity contribution in [1.82, 2.24) is 19.6 Å². The van der Waals surface area contributed by atoms with Gasteiger partial charge in [-0.3, -0.25) is 19.0 Å². The van der Waals surface area contributed by atoms with E-state index in [0.29, 0.717) is 5.69 Å². The molecule has 18 heavy (non-hydrogen) atoms. The van der Waals surface area contributed by atoms with Gasteiger partial charge in [-0.15, -0.1) is 0 Å². The first-order valence-corrected chi connectivity index (χ1v) is 5.12.